The lowest BCUT2D eigenvalue weighted by Crippen LogP contribution is -2.40. The van der Waals surface area contributed by atoms with Crippen LogP contribution in [-0.2, 0) is 11.3 Å². The standard InChI is InChI=1S/C12H19F2N5O/c1-2-19-8-15-17-12(19)16-11(20)9-3-5-18(6-4-9)7-10(13)14/h8-10H,2-7H2,1H3,(H,16,17,20). The summed E-state index contributed by atoms with van der Waals surface area (Å²) < 4.78 is 26.3. The number of halogens is 2. The molecule has 1 aromatic heterocycles. The maximum absolute atomic E-state index is 12.3. The second kappa shape index (κ2) is 6.74. The smallest absolute Gasteiger partial charge is 0.251 e. The number of nitrogens with zero attached hydrogens (tertiary/aromatic N) is 4. The van der Waals surface area contributed by atoms with E-state index in [1.54, 1.807) is 15.8 Å². The topological polar surface area (TPSA) is 63.1 Å². The van der Waals surface area contributed by atoms with Crippen molar-refractivity contribution in [1.82, 2.24) is 19.7 Å². The summed E-state index contributed by atoms with van der Waals surface area (Å²) in [5.74, 6) is 0.183. The molecule has 2 rings (SSSR count). The normalized spacial score (nSPS) is 17.6. The number of hydrogen-bond donors (Lipinski definition) is 1. The van der Waals surface area contributed by atoms with E-state index in [4.69, 9.17) is 0 Å². The lowest BCUT2D eigenvalue weighted by molar-refractivity contribution is -0.121. The Labute approximate surface area is 116 Å². The molecule has 1 saturated heterocycles. The predicted molar refractivity (Wildman–Crippen MR) is 69.5 cm³/mol. The van der Waals surface area contributed by atoms with Crippen molar-refractivity contribution < 1.29 is 13.6 Å². The van der Waals surface area contributed by atoms with E-state index >= 15 is 0 Å². The minimum Gasteiger partial charge on any atom is -0.300 e. The number of piperidine rings is 1. The minimum absolute atomic E-state index is 0.107. The molecule has 0 radical (unpaired) electrons. The van der Waals surface area contributed by atoms with Crippen LogP contribution in [0, 0.1) is 5.92 Å². The Kier molecular flexibility index (Phi) is 4.99. The molecule has 1 amide bonds. The highest BCUT2D eigenvalue weighted by atomic mass is 19.3. The molecule has 0 unspecified atom stereocenters. The zero-order chi connectivity index (χ0) is 14.5. The van der Waals surface area contributed by atoms with Crippen molar-refractivity contribution in [2.45, 2.75) is 32.7 Å². The van der Waals surface area contributed by atoms with Gasteiger partial charge in [0.15, 0.2) is 0 Å². The molecule has 112 valence electrons. The minimum atomic E-state index is -2.32. The summed E-state index contributed by atoms with van der Waals surface area (Å²) in [4.78, 5) is 13.8. The molecule has 1 N–H and O–H groups in total. The number of nitrogens with one attached hydrogen (secondary N) is 1. The molecular weight excluding hydrogens is 268 g/mol. The Bertz CT molecular complexity index is 443. The van der Waals surface area contributed by atoms with Gasteiger partial charge in [-0.05, 0) is 32.9 Å². The van der Waals surface area contributed by atoms with Gasteiger partial charge in [0.25, 0.3) is 6.43 Å². The van der Waals surface area contributed by atoms with Crippen molar-refractivity contribution in [3.63, 3.8) is 0 Å². The maximum atomic E-state index is 12.3. The van der Waals surface area contributed by atoms with Gasteiger partial charge in [-0.2, -0.15) is 0 Å². The molecule has 8 heteroatoms. The third-order valence-corrected chi connectivity index (χ3v) is 3.55. The van der Waals surface area contributed by atoms with Gasteiger partial charge < -0.3 is 4.57 Å². The molecule has 0 saturated carbocycles. The van der Waals surface area contributed by atoms with E-state index in [9.17, 15) is 13.6 Å². The number of aromatic nitrogens is 3. The number of hydrogen-bond acceptors (Lipinski definition) is 4. The van der Waals surface area contributed by atoms with E-state index in [1.165, 1.54) is 0 Å². The zero-order valence-electron chi connectivity index (χ0n) is 11.4. The number of alkyl halides is 2. The molecule has 0 atom stereocenters. The SMILES string of the molecule is CCn1cnnc1NC(=O)C1CCN(CC(F)F)CC1. The average Bonchev–Trinajstić information content (AvgIpc) is 2.86. The summed E-state index contributed by atoms with van der Waals surface area (Å²) in [7, 11) is 0. The molecule has 0 spiro atoms. The van der Waals surface area contributed by atoms with Crippen molar-refractivity contribution in [3.05, 3.63) is 6.33 Å². The quantitative estimate of drug-likeness (QED) is 0.884. The van der Waals surface area contributed by atoms with Crippen molar-refractivity contribution in [3.8, 4) is 0 Å². The largest absolute Gasteiger partial charge is 0.300 e. The van der Waals surface area contributed by atoms with E-state index < -0.39 is 6.43 Å². The first-order chi connectivity index (χ1) is 9.60. The summed E-state index contributed by atoms with van der Waals surface area (Å²) in [6.45, 7) is 3.46. The third kappa shape index (κ3) is 3.72. The summed E-state index contributed by atoms with van der Waals surface area (Å²) in [5.41, 5.74) is 0. The summed E-state index contributed by atoms with van der Waals surface area (Å²) >= 11 is 0. The fraction of sp³-hybridized carbons (Fsp3) is 0.750. The Morgan fingerprint density at radius 2 is 2.20 bits per heavy atom. The van der Waals surface area contributed by atoms with Crippen LogP contribution >= 0.6 is 0 Å². The maximum Gasteiger partial charge on any atom is 0.251 e. The van der Waals surface area contributed by atoms with Crippen LogP contribution < -0.4 is 5.32 Å². The van der Waals surface area contributed by atoms with Gasteiger partial charge in [0, 0.05) is 12.5 Å². The molecule has 0 bridgehead atoms. The first-order valence-corrected chi connectivity index (χ1v) is 6.79. The molecule has 1 aliphatic heterocycles. The summed E-state index contributed by atoms with van der Waals surface area (Å²) in [6, 6.07) is 0. The summed E-state index contributed by atoms with van der Waals surface area (Å²) in [6.07, 6.45) is 0.432. The number of rotatable bonds is 5. The van der Waals surface area contributed by atoms with Gasteiger partial charge in [0.2, 0.25) is 11.9 Å². The van der Waals surface area contributed by atoms with E-state index in [1.807, 2.05) is 6.92 Å². The molecule has 0 aliphatic carbocycles. The first kappa shape index (κ1) is 14.8. The van der Waals surface area contributed by atoms with Crippen LogP contribution in [0.25, 0.3) is 0 Å². The molecule has 20 heavy (non-hydrogen) atoms. The van der Waals surface area contributed by atoms with Crippen molar-refractivity contribution in [2.24, 2.45) is 5.92 Å². The van der Waals surface area contributed by atoms with E-state index in [0.29, 0.717) is 38.4 Å². The van der Waals surface area contributed by atoms with Crippen LogP contribution in [0.4, 0.5) is 14.7 Å². The summed E-state index contributed by atoms with van der Waals surface area (Å²) in [5, 5.41) is 10.3. The highest BCUT2D eigenvalue weighted by Gasteiger charge is 2.26. The van der Waals surface area contributed by atoms with Gasteiger partial charge >= 0.3 is 0 Å². The molecular formula is C12H19F2N5O. The van der Waals surface area contributed by atoms with E-state index in [2.05, 4.69) is 15.5 Å². The second-order valence-electron chi connectivity index (χ2n) is 4.90. The number of carbonyl (C=O) groups excluding carboxylic acids is 1. The van der Waals surface area contributed by atoms with Crippen LogP contribution in [0.5, 0.6) is 0 Å². The fourth-order valence-corrected chi connectivity index (χ4v) is 2.37. The van der Waals surface area contributed by atoms with Crippen molar-refractivity contribution >= 4 is 11.9 Å². The zero-order valence-corrected chi connectivity index (χ0v) is 11.4. The molecule has 2 heterocycles. The Morgan fingerprint density at radius 1 is 1.50 bits per heavy atom. The lowest BCUT2D eigenvalue weighted by Gasteiger charge is -2.30. The molecule has 6 nitrogen and oxygen atoms in total. The molecule has 1 fully saturated rings. The average molecular weight is 287 g/mol. The predicted octanol–water partition coefficient (Wildman–Crippen LogP) is 1.21. The van der Waals surface area contributed by atoms with E-state index in [-0.39, 0.29) is 18.4 Å². The van der Waals surface area contributed by atoms with Crippen LogP contribution in [0.1, 0.15) is 19.8 Å². The Balaban J connectivity index is 1.83. The van der Waals surface area contributed by atoms with Crippen LogP contribution in [0.3, 0.4) is 0 Å². The van der Waals surface area contributed by atoms with Gasteiger partial charge in [-0.1, -0.05) is 0 Å². The van der Waals surface area contributed by atoms with Crippen LogP contribution in [-0.4, -0.2) is 51.6 Å². The monoisotopic (exact) mass is 287 g/mol. The molecule has 1 aliphatic rings. The first-order valence-electron chi connectivity index (χ1n) is 6.79. The number of amides is 1. The Hall–Kier alpha value is -1.57. The van der Waals surface area contributed by atoms with Gasteiger partial charge in [0.1, 0.15) is 6.33 Å². The second-order valence-corrected chi connectivity index (χ2v) is 4.90. The molecule has 0 aromatic carbocycles. The number of likely N-dealkylation sites (tertiary alicyclic amines) is 1. The number of carbonyl (C=O) groups is 1. The highest BCUT2D eigenvalue weighted by molar-refractivity contribution is 5.91. The number of anilines is 1. The number of aryl methyl sites for hydroxylation is 1. The molecule has 1 aromatic rings. The van der Waals surface area contributed by atoms with Gasteiger partial charge in [-0.25, -0.2) is 8.78 Å². The fourth-order valence-electron chi connectivity index (χ4n) is 2.37. The highest BCUT2D eigenvalue weighted by Crippen LogP contribution is 2.19. The van der Waals surface area contributed by atoms with Gasteiger partial charge in [-0.15, -0.1) is 10.2 Å². The van der Waals surface area contributed by atoms with Crippen LogP contribution in [0.2, 0.25) is 0 Å². The van der Waals surface area contributed by atoms with Crippen molar-refractivity contribution in [1.29, 1.82) is 0 Å². The lowest BCUT2D eigenvalue weighted by atomic mass is 9.96. The van der Waals surface area contributed by atoms with Gasteiger partial charge in [0.05, 0.1) is 6.54 Å². The van der Waals surface area contributed by atoms with E-state index in [0.717, 1.165) is 0 Å². The Morgan fingerprint density at radius 3 is 2.80 bits per heavy atom. The van der Waals surface area contributed by atoms with Crippen molar-refractivity contribution in [2.75, 3.05) is 25.0 Å². The third-order valence-electron chi connectivity index (χ3n) is 3.55. The van der Waals surface area contributed by atoms with Crippen LogP contribution in [0.15, 0.2) is 6.33 Å². The van der Waals surface area contributed by atoms with Gasteiger partial charge in [-0.3, -0.25) is 15.0 Å².